The Morgan fingerprint density at radius 1 is 1.44 bits per heavy atom. The monoisotopic (exact) mass is 222 g/mol. The topological polar surface area (TPSA) is 33.1 Å². The normalized spacial score (nSPS) is 19.2. The molecule has 0 radical (unpaired) electrons. The van der Waals surface area contributed by atoms with Crippen LogP contribution in [0, 0.1) is 6.92 Å². The number of piperidine rings is 1. The van der Waals surface area contributed by atoms with Gasteiger partial charge < -0.3 is 5.32 Å². The van der Waals surface area contributed by atoms with Crippen molar-refractivity contribution in [2.45, 2.75) is 32.4 Å². The number of aryl methyl sites for hydroxylation is 2. The van der Waals surface area contributed by atoms with Crippen LogP contribution in [0.15, 0.2) is 6.07 Å². The second kappa shape index (κ2) is 4.97. The van der Waals surface area contributed by atoms with Gasteiger partial charge in [-0.2, -0.15) is 5.10 Å². The molecule has 2 heterocycles. The van der Waals surface area contributed by atoms with Crippen LogP contribution in [-0.4, -0.2) is 40.9 Å². The smallest absolute Gasteiger partial charge is 0.0597 e. The van der Waals surface area contributed by atoms with Crippen molar-refractivity contribution in [3.63, 3.8) is 0 Å². The van der Waals surface area contributed by atoms with E-state index in [1.165, 1.54) is 31.6 Å². The Kier molecular flexibility index (Phi) is 3.61. The van der Waals surface area contributed by atoms with Crippen LogP contribution < -0.4 is 5.32 Å². The van der Waals surface area contributed by atoms with E-state index in [4.69, 9.17) is 0 Å². The highest BCUT2D eigenvalue weighted by atomic mass is 15.3. The largest absolute Gasteiger partial charge is 0.317 e. The summed E-state index contributed by atoms with van der Waals surface area (Å²) in [5, 5.41) is 7.74. The van der Waals surface area contributed by atoms with Crippen LogP contribution in [0.2, 0.25) is 0 Å². The zero-order valence-corrected chi connectivity index (χ0v) is 10.5. The summed E-state index contributed by atoms with van der Waals surface area (Å²) in [6, 6.07) is 2.90. The molecule has 1 aliphatic rings. The van der Waals surface area contributed by atoms with Crippen molar-refractivity contribution < 1.29 is 0 Å². The molecule has 16 heavy (non-hydrogen) atoms. The van der Waals surface area contributed by atoms with Gasteiger partial charge in [-0.05, 0) is 32.9 Å². The fourth-order valence-corrected chi connectivity index (χ4v) is 2.42. The zero-order chi connectivity index (χ0) is 11.5. The summed E-state index contributed by atoms with van der Waals surface area (Å²) in [5.74, 6) is 0. The molecule has 1 N–H and O–H groups in total. The minimum absolute atomic E-state index is 0.713. The summed E-state index contributed by atoms with van der Waals surface area (Å²) in [5.41, 5.74) is 2.43. The Hall–Kier alpha value is -0.870. The Morgan fingerprint density at radius 2 is 2.12 bits per heavy atom. The predicted octanol–water partition coefficient (Wildman–Crippen LogP) is 0.912. The molecule has 0 amide bonds. The summed E-state index contributed by atoms with van der Waals surface area (Å²) in [6.45, 7) is 5.47. The van der Waals surface area contributed by atoms with E-state index < -0.39 is 0 Å². The van der Waals surface area contributed by atoms with Crippen molar-refractivity contribution in [2.24, 2.45) is 7.05 Å². The quantitative estimate of drug-likeness (QED) is 0.825. The maximum absolute atomic E-state index is 4.39. The third-order valence-corrected chi connectivity index (χ3v) is 3.48. The third kappa shape index (κ3) is 2.62. The van der Waals surface area contributed by atoms with Crippen molar-refractivity contribution in [3.05, 3.63) is 17.5 Å². The van der Waals surface area contributed by atoms with Crippen molar-refractivity contribution in [1.29, 1.82) is 0 Å². The van der Waals surface area contributed by atoms with Crippen molar-refractivity contribution in [2.75, 3.05) is 20.1 Å². The van der Waals surface area contributed by atoms with Gasteiger partial charge in [0.05, 0.1) is 11.4 Å². The lowest BCUT2D eigenvalue weighted by molar-refractivity contribution is 0.190. The molecule has 2 rings (SSSR count). The number of nitrogens with one attached hydrogen (secondary N) is 1. The molecule has 0 aliphatic carbocycles. The molecule has 1 aromatic rings. The van der Waals surface area contributed by atoms with Gasteiger partial charge in [0, 0.05) is 32.7 Å². The maximum Gasteiger partial charge on any atom is 0.0597 e. The Bertz CT molecular complexity index is 337. The average molecular weight is 222 g/mol. The van der Waals surface area contributed by atoms with Crippen LogP contribution in [0.5, 0.6) is 0 Å². The minimum atomic E-state index is 0.713. The van der Waals surface area contributed by atoms with E-state index in [0.29, 0.717) is 6.04 Å². The van der Waals surface area contributed by atoms with Gasteiger partial charge in [0.25, 0.3) is 0 Å². The number of rotatable bonds is 3. The fraction of sp³-hybridized carbons (Fsp3) is 0.750. The lowest BCUT2D eigenvalue weighted by Crippen LogP contribution is -2.40. The summed E-state index contributed by atoms with van der Waals surface area (Å²) in [6.07, 6.45) is 2.51. The van der Waals surface area contributed by atoms with Gasteiger partial charge in [0.1, 0.15) is 0 Å². The molecule has 0 saturated carbocycles. The van der Waals surface area contributed by atoms with Crippen LogP contribution in [0.25, 0.3) is 0 Å². The molecule has 0 spiro atoms. The van der Waals surface area contributed by atoms with Gasteiger partial charge >= 0.3 is 0 Å². The lowest BCUT2D eigenvalue weighted by Gasteiger charge is -2.31. The second-order valence-corrected chi connectivity index (χ2v) is 4.74. The first-order chi connectivity index (χ1) is 7.69. The Morgan fingerprint density at radius 3 is 2.62 bits per heavy atom. The van der Waals surface area contributed by atoms with E-state index in [0.717, 1.165) is 12.2 Å². The van der Waals surface area contributed by atoms with Gasteiger partial charge in [-0.25, -0.2) is 0 Å². The summed E-state index contributed by atoms with van der Waals surface area (Å²) in [4.78, 5) is 2.52. The number of nitrogens with zero attached hydrogens (tertiary/aromatic N) is 3. The molecular formula is C12H22N4. The van der Waals surface area contributed by atoms with E-state index in [1.54, 1.807) is 0 Å². The molecule has 1 aliphatic heterocycles. The molecule has 4 nitrogen and oxygen atoms in total. The van der Waals surface area contributed by atoms with Gasteiger partial charge in [-0.15, -0.1) is 0 Å². The molecule has 1 fully saturated rings. The number of hydrogen-bond acceptors (Lipinski definition) is 3. The van der Waals surface area contributed by atoms with Crippen LogP contribution in [-0.2, 0) is 13.6 Å². The van der Waals surface area contributed by atoms with Crippen LogP contribution in [0.1, 0.15) is 24.2 Å². The SMILES string of the molecule is CNC1CCN(Cc2cc(C)nn2C)CC1. The van der Waals surface area contributed by atoms with Gasteiger partial charge in [-0.3, -0.25) is 9.58 Å². The van der Waals surface area contributed by atoms with Crippen molar-refractivity contribution in [1.82, 2.24) is 20.0 Å². The van der Waals surface area contributed by atoms with E-state index in [9.17, 15) is 0 Å². The van der Waals surface area contributed by atoms with Crippen LogP contribution in [0.4, 0.5) is 0 Å². The van der Waals surface area contributed by atoms with Crippen LogP contribution >= 0.6 is 0 Å². The first-order valence-corrected chi connectivity index (χ1v) is 6.08. The predicted molar refractivity (Wildman–Crippen MR) is 65.3 cm³/mol. The van der Waals surface area contributed by atoms with Crippen molar-refractivity contribution >= 4 is 0 Å². The number of likely N-dealkylation sites (tertiary alicyclic amines) is 1. The fourth-order valence-electron chi connectivity index (χ4n) is 2.42. The number of aromatic nitrogens is 2. The van der Waals surface area contributed by atoms with Crippen molar-refractivity contribution in [3.8, 4) is 0 Å². The Labute approximate surface area is 97.6 Å². The molecule has 1 aromatic heterocycles. The molecule has 1 saturated heterocycles. The van der Waals surface area contributed by atoms with Gasteiger partial charge in [0.2, 0.25) is 0 Å². The van der Waals surface area contributed by atoms with E-state index >= 15 is 0 Å². The highest BCUT2D eigenvalue weighted by Crippen LogP contribution is 2.13. The van der Waals surface area contributed by atoms with E-state index in [1.807, 2.05) is 11.7 Å². The standard InChI is InChI=1S/C12H22N4/c1-10-8-12(15(3)14-10)9-16-6-4-11(13-2)5-7-16/h8,11,13H,4-7,9H2,1-3H3. The molecular weight excluding hydrogens is 200 g/mol. The third-order valence-electron chi connectivity index (χ3n) is 3.48. The summed E-state index contributed by atoms with van der Waals surface area (Å²) >= 11 is 0. The molecule has 0 atom stereocenters. The highest BCUT2D eigenvalue weighted by Gasteiger charge is 2.18. The van der Waals surface area contributed by atoms with Gasteiger partial charge in [-0.1, -0.05) is 0 Å². The molecule has 0 bridgehead atoms. The maximum atomic E-state index is 4.39. The first kappa shape index (κ1) is 11.6. The molecule has 0 unspecified atom stereocenters. The highest BCUT2D eigenvalue weighted by molar-refractivity contribution is 5.08. The average Bonchev–Trinajstić information content (AvgIpc) is 2.59. The molecule has 4 heteroatoms. The lowest BCUT2D eigenvalue weighted by atomic mass is 10.1. The second-order valence-electron chi connectivity index (χ2n) is 4.74. The molecule has 0 aromatic carbocycles. The zero-order valence-electron chi connectivity index (χ0n) is 10.5. The first-order valence-electron chi connectivity index (χ1n) is 6.08. The molecule has 90 valence electrons. The van der Waals surface area contributed by atoms with E-state index in [2.05, 4.69) is 35.4 Å². The Balaban J connectivity index is 1.89. The minimum Gasteiger partial charge on any atom is -0.317 e. The summed E-state index contributed by atoms with van der Waals surface area (Å²) < 4.78 is 2.00. The van der Waals surface area contributed by atoms with E-state index in [-0.39, 0.29) is 0 Å². The number of hydrogen-bond donors (Lipinski definition) is 1. The van der Waals surface area contributed by atoms with Crippen LogP contribution in [0.3, 0.4) is 0 Å². The summed E-state index contributed by atoms with van der Waals surface area (Å²) in [7, 11) is 4.09. The van der Waals surface area contributed by atoms with Gasteiger partial charge in [0.15, 0.2) is 0 Å².